The van der Waals surface area contributed by atoms with Crippen molar-refractivity contribution in [2.75, 3.05) is 12.2 Å². The van der Waals surface area contributed by atoms with Gasteiger partial charge in [0.1, 0.15) is 0 Å². The summed E-state index contributed by atoms with van der Waals surface area (Å²) >= 11 is 0. The molecule has 0 heterocycles. The Balaban J connectivity index is 2.09. The average Bonchev–Trinajstić information content (AvgIpc) is 2.52. The Hall–Kier alpha value is -2.37. The second-order valence-corrected chi connectivity index (χ2v) is 4.43. The minimum Gasteiger partial charge on any atom is -0.353 e. The molecule has 0 fully saturated rings. The molecule has 0 aliphatic carbocycles. The summed E-state index contributed by atoms with van der Waals surface area (Å²) in [5, 5.41) is 1.04. The van der Waals surface area contributed by atoms with Crippen LogP contribution in [-0.4, -0.2) is 19.4 Å². The van der Waals surface area contributed by atoms with Crippen LogP contribution in [0.4, 0.5) is 10.5 Å². The molecule has 2 N–H and O–H groups in total. The van der Waals surface area contributed by atoms with Gasteiger partial charge in [-0.15, -0.1) is 0 Å². The molecule has 5 nitrogen and oxygen atoms in total. The standard InChI is InChI=1S/C16H18N2O3/c1-20-15(12-13-8-4-2-5-9-13)21-18(16(17)19)14-10-6-3-7-11-14/h2-11,15H,12H2,1H3,(H2,17,19). The minimum absolute atomic E-state index is 0.508. The molecular formula is C16H18N2O3. The van der Waals surface area contributed by atoms with Gasteiger partial charge >= 0.3 is 6.03 Å². The number of para-hydroxylation sites is 1. The van der Waals surface area contributed by atoms with Crippen molar-refractivity contribution in [2.45, 2.75) is 12.7 Å². The molecular weight excluding hydrogens is 268 g/mol. The van der Waals surface area contributed by atoms with Crippen LogP contribution in [0, 0.1) is 0 Å². The maximum Gasteiger partial charge on any atom is 0.343 e. The largest absolute Gasteiger partial charge is 0.353 e. The second-order valence-electron chi connectivity index (χ2n) is 4.43. The molecule has 0 saturated heterocycles. The molecule has 0 aliphatic heterocycles. The van der Waals surface area contributed by atoms with E-state index in [1.807, 2.05) is 36.4 Å². The van der Waals surface area contributed by atoms with E-state index in [1.54, 1.807) is 24.3 Å². The van der Waals surface area contributed by atoms with Gasteiger partial charge in [0, 0.05) is 13.5 Å². The number of ether oxygens (including phenoxy) is 1. The molecule has 0 bridgehead atoms. The summed E-state index contributed by atoms with van der Waals surface area (Å²) in [6.45, 7) is 0. The molecule has 110 valence electrons. The molecule has 0 aromatic heterocycles. The van der Waals surface area contributed by atoms with Gasteiger partial charge < -0.3 is 10.5 Å². The average molecular weight is 286 g/mol. The molecule has 1 atom stereocenters. The lowest BCUT2D eigenvalue weighted by molar-refractivity contribution is -0.123. The van der Waals surface area contributed by atoms with Gasteiger partial charge in [0.25, 0.3) is 0 Å². The van der Waals surface area contributed by atoms with Crippen LogP contribution in [0.15, 0.2) is 60.7 Å². The van der Waals surface area contributed by atoms with Crippen LogP contribution in [0.3, 0.4) is 0 Å². The molecule has 0 radical (unpaired) electrons. The maximum atomic E-state index is 11.6. The molecule has 0 saturated carbocycles. The zero-order chi connectivity index (χ0) is 15.1. The van der Waals surface area contributed by atoms with Gasteiger partial charge in [-0.05, 0) is 17.7 Å². The van der Waals surface area contributed by atoms with Gasteiger partial charge in [0.2, 0.25) is 0 Å². The highest BCUT2D eigenvalue weighted by Gasteiger charge is 2.19. The van der Waals surface area contributed by atoms with Gasteiger partial charge in [-0.3, -0.25) is 0 Å². The number of rotatable bonds is 6. The molecule has 2 aromatic rings. The number of hydrogen-bond donors (Lipinski definition) is 1. The minimum atomic E-state index is -0.698. The van der Waals surface area contributed by atoms with E-state index in [0.717, 1.165) is 10.6 Å². The Labute approximate surface area is 123 Å². The Bertz CT molecular complexity index is 560. The van der Waals surface area contributed by atoms with Crippen molar-refractivity contribution in [1.29, 1.82) is 0 Å². The van der Waals surface area contributed by atoms with Crippen molar-refractivity contribution in [3.8, 4) is 0 Å². The monoisotopic (exact) mass is 286 g/mol. The van der Waals surface area contributed by atoms with E-state index < -0.39 is 12.3 Å². The molecule has 21 heavy (non-hydrogen) atoms. The fourth-order valence-corrected chi connectivity index (χ4v) is 1.89. The number of urea groups is 1. The molecule has 5 heteroatoms. The predicted molar refractivity (Wildman–Crippen MR) is 80.5 cm³/mol. The third-order valence-electron chi connectivity index (χ3n) is 2.92. The van der Waals surface area contributed by atoms with Crippen LogP contribution in [0.1, 0.15) is 5.56 Å². The van der Waals surface area contributed by atoms with Crippen molar-refractivity contribution >= 4 is 11.7 Å². The highest BCUT2D eigenvalue weighted by molar-refractivity contribution is 5.88. The number of amides is 2. The topological polar surface area (TPSA) is 64.8 Å². The molecule has 2 amide bonds. The second kappa shape index (κ2) is 7.42. The number of methoxy groups -OCH3 is 1. The van der Waals surface area contributed by atoms with Crippen LogP contribution in [0.2, 0.25) is 0 Å². The highest BCUT2D eigenvalue weighted by Crippen LogP contribution is 2.16. The highest BCUT2D eigenvalue weighted by atomic mass is 16.8. The van der Waals surface area contributed by atoms with Crippen molar-refractivity contribution < 1.29 is 14.4 Å². The zero-order valence-corrected chi connectivity index (χ0v) is 11.8. The first kappa shape index (κ1) is 15.0. The van der Waals surface area contributed by atoms with E-state index in [0.29, 0.717) is 12.1 Å². The van der Waals surface area contributed by atoms with E-state index >= 15 is 0 Å². The lowest BCUT2D eigenvalue weighted by atomic mass is 10.1. The van der Waals surface area contributed by atoms with Gasteiger partial charge in [-0.25, -0.2) is 9.63 Å². The van der Waals surface area contributed by atoms with Crippen molar-refractivity contribution in [3.05, 3.63) is 66.2 Å². The summed E-state index contributed by atoms with van der Waals surface area (Å²) < 4.78 is 5.28. The van der Waals surface area contributed by atoms with E-state index in [1.165, 1.54) is 7.11 Å². The normalized spacial score (nSPS) is 11.9. The number of benzene rings is 2. The SMILES string of the molecule is COC(Cc1ccccc1)ON(C(N)=O)c1ccccc1. The fraction of sp³-hybridized carbons (Fsp3) is 0.188. The smallest absolute Gasteiger partial charge is 0.343 e. The summed E-state index contributed by atoms with van der Waals surface area (Å²) in [7, 11) is 1.53. The van der Waals surface area contributed by atoms with Gasteiger partial charge in [0.15, 0.2) is 6.29 Å². The summed E-state index contributed by atoms with van der Waals surface area (Å²) in [5.74, 6) is 0. The number of nitrogens with two attached hydrogens (primary N) is 1. The Morgan fingerprint density at radius 2 is 1.67 bits per heavy atom. The van der Waals surface area contributed by atoms with Crippen LogP contribution in [-0.2, 0) is 16.0 Å². The van der Waals surface area contributed by atoms with Gasteiger partial charge in [0.05, 0.1) is 5.69 Å². The first-order valence-corrected chi connectivity index (χ1v) is 6.59. The quantitative estimate of drug-likeness (QED) is 0.656. The molecule has 0 spiro atoms. The summed E-state index contributed by atoms with van der Waals surface area (Å²) in [6, 6.07) is 18.0. The third kappa shape index (κ3) is 4.30. The molecule has 2 rings (SSSR count). The number of anilines is 1. The third-order valence-corrected chi connectivity index (χ3v) is 2.92. The van der Waals surface area contributed by atoms with Crippen LogP contribution < -0.4 is 10.8 Å². The summed E-state index contributed by atoms with van der Waals surface area (Å²) in [5.41, 5.74) is 6.97. The summed E-state index contributed by atoms with van der Waals surface area (Å²) in [6.07, 6.45) is -0.103. The van der Waals surface area contributed by atoms with E-state index in [2.05, 4.69) is 0 Å². The number of hydrogen-bond acceptors (Lipinski definition) is 3. The number of nitrogens with zero attached hydrogens (tertiary/aromatic N) is 1. The predicted octanol–water partition coefficient (Wildman–Crippen LogP) is 2.72. The van der Waals surface area contributed by atoms with Crippen LogP contribution >= 0.6 is 0 Å². The Morgan fingerprint density at radius 1 is 1.10 bits per heavy atom. The first-order valence-electron chi connectivity index (χ1n) is 6.59. The maximum absolute atomic E-state index is 11.6. The first-order chi connectivity index (χ1) is 10.2. The van der Waals surface area contributed by atoms with Gasteiger partial charge in [-0.1, -0.05) is 48.5 Å². The van der Waals surface area contributed by atoms with Crippen molar-refractivity contribution in [1.82, 2.24) is 0 Å². The number of hydroxylamine groups is 1. The molecule has 0 aliphatic rings. The fourth-order valence-electron chi connectivity index (χ4n) is 1.89. The lowest BCUT2D eigenvalue weighted by Crippen LogP contribution is -2.40. The van der Waals surface area contributed by atoms with Crippen molar-refractivity contribution in [2.24, 2.45) is 5.73 Å². The number of carbonyl (C=O) groups is 1. The van der Waals surface area contributed by atoms with Crippen molar-refractivity contribution in [3.63, 3.8) is 0 Å². The van der Waals surface area contributed by atoms with Crippen LogP contribution in [0.5, 0.6) is 0 Å². The number of primary amides is 1. The van der Waals surface area contributed by atoms with E-state index in [9.17, 15) is 4.79 Å². The van der Waals surface area contributed by atoms with E-state index in [4.69, 9.17) is 15.3 Å². The van der Waals surface area contributed by atoms with E-state index in [-0.39, 0.29) is 0 Å². The molecule has 2 aromatic carbocycles. The number of carbonyl (C=O) groups excluding carboxylic acids is 1. The van der Waals surface area contributed by atoms with Crippen LogP contribution in [0.25, 0.3) is 0 Å². The Kier molecular flexibility index (Phi) is 5.31. The molecule has 1 unspecified atom stereocenters. The van der Waals surface area contributed by atoms with Gasteiger partial charge in [-0.2, -0.15) is 5.06 Å². The Morgan fingerprint density at radius 3 is 2.19 bits per heavy atom. The zero-order valence-electron chi connectivity index (χ0n) is 11.8. The lowest BCUT2D eigenvalue weighted by Gasteiger charge is -2.25. The summed E-state index contributed by atoms with van der Waals surface area (Å²) in [4.78, 5) is 17.2.